The van der Waals surface area contributed by atoms with Gasteiger partial charge in [0.1, 0.15) is 5.75 Å². The number of rotatable bonds is 9. The van der Waals surface area contributed by atoms with E-state index in [1.165, 1.54) is 12.0 Å². The molecule has 1 atom stereocenters. The van der Waals surface area contributed by atoms with Gasteiger partial charge in [0.15, 0.2) is 0 Å². The zero-order valence-corrected chi connectivity index (χ0v) is 12.6. The highest BCUT2D eigenvalue weighted by atomic mass is 32.2. The average molecular weight is 267 g/mol. The van der Waals surface area contributed by atoms with E-state index in [-0.39, 0.29) is 0 Å². The molecule has 0 aliphatic carbocycles. The molecule has 18 heavy (non-hydrogen) atoms. The minimum absolute atomic E-state index is 0.412. The summed E-state index contributed by atoms with van der Waals surface area (Å²) in [6.45, 7) is 6.26. The van der Waals surface area contributed by atoms with Gasteiger partial charge in [0.25, 0.3) is 0 Å². The summed E-state index contributed by atoms with van der Waals surface area (Å²) in [6.07, 6.45) is 4.40. The Labute approximate surface area is 116 Å². The molecule has 0 bridgehead atoms. The van der Waals surface area contributed by atoms with Crippen LogP contribution in [0, 0.1) is 0 Å². The summed E-state index contributed by atoms with van der Waals surface area (Å²) in [5.41, 5.74) is 1.32. The zero-order chi connectivity index (χ0) is 13.2. The Morgan fingerprint density at radius 1 is 1.28 bits per heavy atom. The summed E-state index contributed by atoms with van der Waals surface area (Å²) in [6, 6.07) is 8.85. The van der Waals surface area contributed by atoms with Gasteiger partial charge in [-0.15, -0.1) is 0 Å². The van der Waals surface area contributed by atoms with Crippen molar-refractivity contribution in [2.24, 2.45) is 0 Å². The van der Waals surface area contributed by atoms with Crippen LogP contribution in [-0.4, -0.2) is 25.2 Å². The van der Waals surface area contributed by atoms with Crippen LogP contribution in [0.2, 0.25) is 0 Å². The first-order chi connectivity index (χ1) is 8.77. The van der Waals surface area contributed by atoms with Gasteiger partial charge in [-0.25, -0.2) is 0 Å². The van der Waals surface area contributed by atoms with Gasteiger partial charge in [-0.1, -0.05) is 19.1 Å². The molecule has 0 saturated heterocycles. The number of nitrogens with one attached hydrogen (secondary N) is 1. The largest absolute Gasteiger partial charge is 0.494 e. The molecule has 0 aliphatic heterocycles. The van der Waals surface area contributed by atoms with Crippen LogP contribution in [0.3, 0.4) is 0 Å². The number of thioether (sulfide) groups is 1. The number of benzene rings is 1. The molecule has 1 unspecified atom stereocenters. The number of hydrogen-bond acceptors (Lipinski definition) is 3. The normalized spacial score (nSPS) is 12.4. The minimum atomic E-state index is 0.412. The summed E-state index contributed by atoms with van der Waals surface area (Å²) < 4.78 is 5.69. The lowest BCUT2D eigenvalue weighted by molar-refractivity contribution is 0.318. The van der Waals surface area contributed by atoms with Crippen molar-refractivity contribution in [2.75, 3.05) is 25.2 Å². The lowest BCUT2D eigenvalue weighted by Crippen LogP contribution is -2.19. The van der Waals surface area contributed by atoms with Crippen LogP contribution >= 0.6 is 11.8 Å². The molecule has 1 rings (SSSR count). The molecule has 1 aromatic rings. The fourth-order valence-electron chi connectivity index (χ4n) is 1.72. The molecule has 0 spiro atoms. The second kappa shape index (κ2) is 9.29. The molecule has 102 valence electrons. The average Bonchev–Trinajstić information content (AvgIpc) is 2.41. The molecule has 0 radical (unpaired) electrons. The highest BCUT2D eigenvalue weighted by Gasteiger charge is 2.03. The highest BCUT2D eigenvalue weighted by Crippen LogP contribution is 2.17. The van der Waals surface area contributed by atoms with Crippen molar-refractivity contribution in [2.45, 2.75) is 32.7 Å². The molecule has 2 nitrogen and oxygen atoms in total. The van der Waals surface area contributed by atoms with Crippen LogP contribution < -0.4 is 10.1 Å². The molecule has 1 aromatic carbocycles. The standard InChI is InChI=1S/C15H25NOS/c1-4-10-16-13(2)14-6-8-15(9-7-14)17-11-5-12-18-3/h6-9,13,16H,4-5,10-12H2,1-3H3. The highest BCUT2D eigenvalue weighted by molar-refractivity contribution is 7.98. The molecule has 0 aliphatic rings. The van der Waals surface area contributed by atoms with Gasteiger partial charge in [-0.3, -0.25) is 0 Å². The van der Waals surface area contributed by atoms with E-state index in [0.29, 0.717) is 6.04 Å². The van der Waals surface area contributed by atoms with Gasteiger partial charge in [0.2, 0.25) is 0 Å². The first-order valence-electron chi connectivity index (χ1n) is 6.73. The van der Waals surface area contributed by atoms with E-state index in [2.05, 4.69) is 49.7 Å². The van der Waals surface area contributed by atoms with E-state index < -0.39 is 0 Å². The van der Waals surface area contributed by atoms with Crippen molar-refractivity contribution in [3.63, 3.8) is 0 Å². The van der Waals surface area contributed by atoms with Gasteiger partial charge in [-0.05, 0) is 56.0 Å². The monoisotopic (exact) mass is 267 g/mol. The predicted molar refractivity (Wildman–Crippen MR) is 81.6 cm³/mol. The van der Waals surface area contributed by atoms with Crippen molar-refractivity contribution in [1.82, 2.24) is 5.32 Å². The molecular weight excluding hydrogens is 242 g/mol. The van der Waals surface area contributed by atoms with Crippen LogP contribution in [0.15, 0.2) is 24.3 Å². The van der Waals surface area contributed by atoms with Crippen LogP contribution in [0.5, 0.6) is 5.75 Å². The fourth-order valence-corrected chi connectivity index (χ4v) is 2.13. The summed E-state index contributed by atoms with van der Waals surface area (Å²) in [5, 5.41) is 3.48. The number of ether oxygens (including phenoxy) is 1. The zero-order valence-electron chi connectivity index (χ0n) is 11.7. The Bertz CT molecular complexity index is 313. The SMILES string of the molecule is CCCNC(C)c1ccc(OCCCSC)cc1. The van der Waals surface area contributed by atoms with Crippen LogP contribution in [0.25, 0.3) is 0 Å². The van der Waals surface area contributed by atoms with E-state index in [4.69, 9.17) is 4.74 Å². The maximum Gasteiger partial charge on any atom is 0.119 e. The van der Waals surface area contributed by atoms with Gasteiger partial charge in [-0.2, -0.15) is 11.8 Å². The Hall–Kier alpha value is -0.670. The third-order valence-electron chi connectivity index (χ3n) is 2.84. The van der Waals surface area contributed by atoms with Crippen LogP contribution in [-0.2, 0) is 0 Å². The summed E-state index contributed by atoms with van der Waals surface area (Å²) in [5.74, 6) is 2.14. The Morgan fingerprint density at radius 3 is 2.61 bits per heavy atom. The lowest BCUT2D eigenvalue weighted by Gasteiger charge is -2.14. The van der Waals surface area contributed by atoms with Gasteiger partial charge in [0.05, 0.1) is 6.61 Å². The molecule has 3 heteroatoms. The second-order valence-electron chi connectivity index (χ2n) is 4.44. The van der Waals surface area contributed by atoms with Crippen molar-refractivity contribution < 1.29 is 4.74 Å². The van der Waals surface area contributed by atoms with E-state index in [1.54, 1.807) is 0 Å². The van der Waals surface area contributed by atoms with Crippen molar-refractivity contribution in [1.29, 1.82) is 0 Å². The molecular formula is C15H25NOS. The smallest absolute Gasteiger partial charge is 0.119 e. The third-order valence-corrected chi connectivity index (χ3v) is 3.54. The minimum Gasteiger partial charge on any atom is -0.494 e. The van der Waals surface area contributed by atoms with Crippen LogP contribution in [0.1, 0.15) is 38.3 Å². The first kappa shape index (κ1) is 15.4. The quantitative estimate of drug-likeness (QED) is 0.686. The van der Waals surface area contributed by atoms with E-state index >= 15 is 0 Å². The lowest BCUT2D eigenvalue weighted by atomic mass is 10.1. The molecule has 1 N–H and O–H groups in total. The fraction of sp³-hybridized carbons (Fsp3) is 0.600. The Balaban J connectivity index is 2.37. The third kappa shape index (κ3) is 5.78. The van der Waals surface area contributed by atoms with E-state index in [0.717, 1.165) is 31.1 Å². The molecule has 0 amide bonds. The number of hydrogen-bond donors (Lipinski definition) is 1. The predicted octanol–water partition coefficient (Wildman–Crippen LogP) is 3.88. The van der Waals surface area contributed by atoms with Gasteiger partial charge < -0.3 is 10.1 Å². The van der Waals surface area contributed by atoms with Crippen LogP contribution in [0.4, 0.5) is 0 Å². The summed E-state index contributed by atoms with van der Waals surface area (Å²) in [7, 11) is 0. The molecule has 0 fully saturated rings. The maximum absolute atomic E-state index is 5.69. The first-order valence-corrected chi connectivity index (χ1v) is 8.12. The topological polar surface area (TPSA) is 21.3 Å². The Kier molecular flexibility index (Phi) is 7.94. The Morgan fingerprint density at radius 2 is 2.00 bits per heavy atom. The van der Waals surface area contributed by atoms with Gasteiger partial charge >= 0.3 is 0 Å². The van der Waals surface area contributed by atoms with E-state index in [1.807, 2.05) is 11.8 Å². The summed E-state index contributed by atoms with van der Waals surface area (Å²) in [4.78, 5) is 0. The van der Waals surface area contributed by atoms with Gasteiger partial charge in [0, 0.05) is 6.04 Å². The van der Waals surface area contributed by atoms with E-state index in [9.17, 15) is 0 Å². The molecule has 0 heterocycles. The maximum atomic E-state index is 5.69. The summed E-state index contributed by atoms with van der Waals surface area (Å²) >= 11 is 1.86. The molecule has 0 saturated carbocycles. The van der Waals surface area contributed by atoms with Crippen molar-refractivity contribution in [3.05, 3.63) is 29.8 Å². The second-order valence-corrected chi connectivity index (χ2v) is 5.43. The molecule has 0 aromatic heterocycles. The van der Waals surface area contributed by atoms with Crippen molar-refractivity contribution in [3.8, 4) is 5.75 Å². The van der Waals surface area contributed by atoms with Crippen molar-refractivity contribution >= 4 is 11.8 Å².